The highest BCUT2D eigenvalue weighted by Gasteiger charge is 2.49. The van der Waals surface area contributed by atoms with Gasteiger partial charge >= 0.3 is 0 Å². The Labute approximate surface area is 196 Å². The molecule has 2 N–H and O–H groups in total. The molecule has 9 heteroatoms. The second kappa shape index (κ2) is 9.60. The van der Waals surface area contributed by atoms with Crippen molar-refractivity contribution >= 4 is 18.3 Å². The van der Waals surface area contributed by atoms with Gasteiger partial charge in [0.25, 0.3) is 0 Å². The Morgan fingerprint density at radius 3 is 2.12 bits per heavy atom. The van der Waals surface area contributed by atoms with E-state index in [0.29, 0.717) is 13.1 Å². The molecule has 0 saturated carbocycles. The van der Waals surface area contributed by atoms with Gasteiger partial charge in [0.05, 0.1) is 5.92 Å². The minimum absolute atomic E-state index is 0. The summed E-state index contributed by atoms with van der Waals surface area (Å²) in [5.41, 5.74) is -1.26. The molecule has 33 heavy (non-hydrogen) atoms. The highest BCUT2D eigenvalue weighted by atomic mass is 35.5. The van der Waals surface area contributed by atoms with Crippen molar-refractivity contribution < 1.29 is 27.5 Å². The number of hydrogen-bond donors (Lipinski definition) is 2. The van der Waals surface area contributed by atoms with Gasteiger partial charge < -0.3 is 15.3 Å². The van der Waals surface area contributed by atoms with E-state index < -0.39 is 52.5 Å². The van der Waals surface area contributed by atoms with Crippen molar-refractivity contribution in [2.45, 2.75) is 25.4 Å². The van der Waals surface area contributed by atoms with Gasteiger partial charge in [0.1, 0.15) is 28.9 Å². The van der Waals surface area contributed by atoms with Crippen LogP contribution in [0.3, 0.4) is 0 Å². The number of nitrogens with zero attached hydrogens (tertiary/aromatic N) is 1. The topological polar surface area (TPSA) is 52.6 Å². The van der Waals surface area contributed by atoms with Gasteiger partial charge in [-0.2, -0.15) is 0 Å². The molecule has 4 nitrogen and oxygen atoms in total. The van der Waals surface area contributed by atoms with Gasteiger partial charge in [0, 0.05) is 61.6 Å². The fraction of sp³-hybridized carbons (Fsp3) is 0.458. The predicted octanol–water partition coefficient (Wildman–Crippen LogP) is 3.97. The summed E-state index contributed by atoms with van der Waals surface area (Å²) in [6.45, 7) is 4.54. The molecule has 0 bridgehead atoms. The molecule has 2 saturated heterocycles. The zero-order valence-electron chi connectivity index (χ0n) is 18.3. The minimum atomic E-state index is -1.56. The first kappa shape index (κ1) is 25.5. The van der Waals surface area contributed by atoms with E-state index in [0.717, 1.165) is 18.2 Å². The molecule has 5 atom stereocenters. The summed E-state index contributed by atoms with van der Waals surface area (Å²) >= 11 is 0. The maximum absolute atomic E-state index is 14.5. The molecule has 1 unspecified atom stereocenters. The first-order valence-electron chi connectivity index (χ1n) is 10.7. The number of aliphatic hydroxyl groups is 1. The van der Waals surface area contributed by atoms with E-state index in [1.807, 2.05) is 0 Å². The van der Waals surface area contributed by atoms with Crippen molar-refractivity contribution in [3.63, 3.8) is 0 Å². The van der Waals surface area contributed by atoms with Crippen LogP contribution in [0.1, 0.15) is 30.9 Å². The Bertz CT molecular complexity index is 1030. The van der Waals surface area contributed by atoms with Crippen LogP contribution in [0, 0.1) is 41.0 Å². The smallest absolute Gasteiger partial charge is 0.227 e. The van der Waals surface area contributed by atoms with Crippen LogP contribution in [0.5, 0.6) is 0 Å². The largest absolute Gasteiger partial charge is 0.384 e. The molecule has 2 aliphatic rings. The number of benzene rings is 2. The van der Waals surface area contributed by atoms with Crippen molar-refractivity contribution in [3.05, 3.63) is 70.8 Å². The van der Waals surface area contributed by atoms with E-state index in [9.17, 15) is 27.5 Å². The van der Waals surface area contributed by atoms with Crippen molar-refractivity contribution in [2.24, 2.45) is 17.8 Å². The van der Waals surface area contributed by atoms with Gasteiger partial charge in [0.2, 0.25) is 5.91 Å². The highest BCUT2D eigenvalue weighted by molar-refractivity contribution is 5.85. The van der Waals surface area contributed by atoms with E-state index in [4.69, 9.17) is 0 Å². The van der Waals surface area contributed by atoms with E-state index in [-0.39, 0.29) is 42.5 Å². The molecule has 2 fully saturated rings. The van der Waals surface area contributed by atoms with Crippen LogP contribution in [0.4, 0.5) is 17.6 Å². The lowest BCUT2D eigenvalue weighted by molar-refractivity contribution is -0.153. The fourth-order valence-electron chi connectivity index (χ4n) is 5.33. The molecule has 0 radical (unpaired) electrons. The van der Waals surface area contributed by atoms with E-state index in [2.05, 4.69) is 5.32 Å². The normalized spacial score (nSPS) is 29.6. The van der Waals surface area contributed by atoms with Gasteiger partial charge in [-0.3, -0.25) is 4.79 Å². The molecule has 1 amide bonds. The molecule has 2 aromatic carbocycles. The number of carbonyl (C=O) groups is 1. The third kappa shape index (κ3) is 4.48. The molecule has 180 valence electrons. The quantitative estimate of drug-likeness (QED) is 0.646. The van der Waals surface area contributed by atoms with E-state index >= 15 is 0 Å². The first-order chi connectivity index (χ1) is 15.1. The number of likely N-dealkylation sites (tertiary alicyclic amines) is 1. The molecule has 4 rings (SSSR count). The van der Waals surface area contributed by atoms with Crippen LogP contribution in [0.2, 0.25) is 0 Å². The molecule has 0 aromatic heterocycles. The first-order valence-corrected chi connectivity index (χ1v) is 10.7. The molecule has 2 heterocycles. The Hall–Kier alpha value is -2.16. The summed E-state index contributed by atoms with van der Waals surface area (Å²) in [6.07, 6.45) is 0. The number of carbonyl (C=O) groups excluding carboxylic acids is 1. The summed E-state index contributed by atoms with van der Waals surface area (Å²) in [6, 6.07) is 6.48. The molecule has 0 aliphatic carbocycles. The van der Waals surface area contributed by atoms with Gasteiger partial charge in [-0.15, -0.1) is 12.4 Å². The van der Waals surface area contributed by atoms with Crippen LogP contribution in [-0.4, -0.2) is 42.1 Å². The second-order valence-corrected chi connectivity index (χ2v) is 9.03. The van der Waals surface area contributed by atoms with Crippen LogP contribution >= 0.6 is 12.4 Å². The number of amides is 1. The number of rotatable bonds is 3. The zero-order valence-corrected chi connectivity index (χ0v) is 19.1. The summed E-state index contributed by atoms with van der Waals surface area (Å²) in [7, 11) is 0. The molecular formula is C24H27ClF4N2O2. The van der Waals surface area contributed by atoms with Crippen LogP contribution < -0.4 is 5.32 Å². The van der Waals surface area contributed by atoms with Crippen LogP contribution in [0.25, 0.3) is 0 Å². The number of halogens is 5. The van der Waals surface area contributed by atoms with E-state index in [1.165, 1.54) is 18.2 Å². The lowest BCUT2D eigenvalue weighted by Gasteiger charge is -2.48. The standard InChI is InChI=1S/C24H26F4N2O2.ClH/c1-13-11-30(12-14(2)24(13,32)20-6-4-16(26)8-22(20)28)23(31)19-10-29-9-18(19)17-5-3-15(25)7-21(17)27;/h3-8,13-14,18-19,29,32H,9-12H2,1-2H3;1H/t13-,14+,18-,19+,24?;/m0./s1. The van der Waals surface area contributed by atoms with Crippen LogP contribution in [0.15, 0.2) is 36.4 Å². The fourth-order valence-corrected chi connectivity index (χ4v) is 5.33. The number of hydrogen-bond acceptors (Lipinski definition) is 3. The summed E-state index contributed by atoms with van der Waals surface area (Å²) in [5.74, 6) is -5.12. The Balaban J connectivity index is 0.00000306. The summed E-state index contributed by atoms with van der Waals surface area (Å²) in [4.78, 5) is 15.0. The maximum Gasteiger partial charge on any atom is 0.227 e. The van der Waals surface area contributed by atoms with Gasteiger partial charge in [0.15, 0.2) is 0 Å². The van der Waals surface area contributed by atoms with Gasteiger partial charge in [-0.05, 0) is 17.7 Å². The predicted molar refractivity (Wildman–Crippen MR) is 118 cm³/mol. The summed E-state index contributed by atoms with van der Waals surface area (Å²) in [5, 5.41) is 14.5. The van der Waals surface area contributed by atoms with Crippen LogP contribution in [-0.2, 0) is 10.4 Å². The molecular weight excluding hydrogens is 460 g/mol. The van der Waals surface area contributed by atoms with Crippen molar-refractivity contribution in [2.75, 3.05) is 26.2 Å². The van der Waals surface area contributed by atoms with Crippen molar-refractivity contribution in [1.82, 2.24) is 10.2 Å². The number of piperidine rings is 1. The Kier molecular flexibility index (Phi) is 7.41. The Morgan fingerprint density at radius 2 is 1.55 bits per heavy atom. The third-order valence-electron chi connectivity index (χ3n) is 7.06. The molecule has 0 spiro atoms. The van der Waals surface area contributed by atoms with Gasteiger partial charge in [-0.25, -0.2) is 17.6 Å². The Morgan fingerprint density at radius 1 is 0.970 bits per heavy atom. The zero-order chi connectivity index (χ0) is 23.2. The second-order valence-electron chi connectivity index (χ2n) is 9.03. The molecule has 2 aromatic rings. The molecule has 2 aliphatic heterocycles. The maximum atomic E-state index is 14.5. The highest BCUT2D eigenvalue weighted by Crippen LogP contribution is 2.43. The minimum Gasteiger partial charge on any atom is -0.384 e. The lowest BCUT2D eigenvalue weighted by Crippen LogP contribution is -2.57. The average molecular weight is 487 g/mol. The lowest BCUT2D eigenvalue weighted by atomic mass is 9.70. The number of nitrogens with one attached hydrogen (secondary N) is 1. The summed E-state index contributed by atoms with van der Waals surface area (Å²) < 4.78 is 55.6. The van der Waals surface area contributed by atoms with E-state index in [1.54, 1.807) is 18.7 Å². The van der Waals surface area contributed by atoms with Crippen molar-refractivity contribution in [3.8, 4) is 0 Å². The average Bonchev–Trinajstić information content (AvgIpc) is 3.20. The van der Waals surface area contributed by atoms with Gasteiger partial charge in [-0.1, -0.05) is 26.0 Å². The monoisotopic (exact) mass is 486 g/mol. The third-order valence-corrected chi connectivity index (χ3v) is 7.06. The van der Waals surface area contributed by atoms with Crippen molar-refractivity contribution in [1.29, 1.82) is 0 Å². The SMILES string of the molecule is C[C@@H]1CN(C(=O)[C@@H]2CNC[C@H]2c2ccc(F)cc2F)C[C@H](C)C1(O)c1ccc(F)cc1F.Cl.